The van der Waals surface area contributed by atoms with Crippen LogP contribution in [0.5, 0.6) is 5.75 Å². The van der Waals surface area contributed by atoms with Gasteiger partial charge in [0, 0.05) is 24.6 Å². The largest absolute Gasteiger partial charge is 0.492 e. The van der Waals surface area contributed by atoms with E-state index in [0.29, 0.717) is 13.2 Å². The fourth-order valence-electron chi connectivity index (χ4n) is 4.28. The number of aliphatic imine (C=N–C) groups is 1. The average Bonchev–Trinajstić information content (AvgIpc) is 3.57. The van der Waals surface area contributed by atoms with Gasteiger partial charge in [-0.1, -0.05) is 57.8 Å². The number of nitrogens with zero attached hydrogens (tertiary/aromatic N) is 1. The SMILES string of the molecule is CCOc1cc(-c2ccc[nH]2)[nH]c1C=C1C=CC(CCCCCCCCCCCCCO)=N1. The summed E-state index contributed by atoms with van der Waals surface area (Å²) in [6, 6.07) is 6.08. The van der Waals surface area contributed by atoms with Crippen LogP contribution >= 0.6 is 0 Å². The summed E-state index contributed by atoms with van der Waals surface area (Å²) in [5.74, 6) is 0.858. The molecule has 0 unspecified atom stereocenters. The predicted molar refractivity (Wildman–Crippen MR) is 139 cm³/mol. The second-order valence-electron chi connectivity index (χ2n) is 8.85. The summed E-state index contributed by atoms with van der Waals surface area (Å²) < 4.78 is 5.83. The van der Waals surface area contributed by atoms with Crippen LogP contribution in [0.25, 0.3) is 17.5 Å². The lowest BCUT2D eigenvalue weighted by Gasteiger charge is -2.03. The summed E-state index contributed by atoms with van der Waals surface area (Å²) in [6.45, 7) is 2.98. The predicted octanol–water partition coefficient (Wildman–Crippen LogP) is 7.43. The van der Waals surface area contributed by atoms with Crippen molar-refractivity contribution in [3.05, 3.63) is 47.9 Å². The fourth-order valence-corrected chi connectivity index (χ4v) is 4.28. The number of nitrogens with one attached hydrogen (secondary N) is 2. The van der Waals surface area contributed by atoms with Gasteiger partial charge in [0.25, 0.3) is 0 Å². The number of ether oxygens (including phenoxy) is 1. The summed E-state index contributed by atoms with van der Waals surface area (Å²) in [5.41, 5.74) is 5.18. The third-order valence-corrected chi connectivity index (χ3v) is 6.10. The molecule has 0 radical (unpaired) electrons. The molecule has 0 amide bonds. The summed E-state index contributed by atoms with van der Waals surface area (Å²) in [5, 5.41) is 8.79. The van der Waals surface area contributed by atoms with Crippen molar-refractivity contribution in [2.75, 3.05) is 13.2 Å². The first-order valence-corrected chi connectivity index (χ1v) is 12.9. The van der Waals surface area contributed by atoms with Crippen LogP contribution in [0.3, 0.4) is 0 Å². The van der Waals surface area contributed by atoms with E-state index in [1.165, 1.54) is 69.9 Å². The van der Waals surface area contributed by atoms with Crippen molar-refractivity contribution in [1.82, 2.24) is 9.97 Å². The van der Waals surface area contributed by atoms with Crippen LogP contribution in [0.1, 0.15) is 89.7 Å². The Kier molecular flexibility index (Phi) is 11.1. The van der Waals surface area contributed by atoms with Gasteiger partial charge in [-0.15, -0.1) is 0 Å². The second kappa shape index (κ2) is 14.6. The lowest BCUT2D eigenvalue weighted by atomic mass is 10.0. The standard InChI is InChI=1S/C28H41N3O2/c1-2-33-28-22-26(25-16-14-19-29-25)31-27(28)21-24-18-17-23(30-24)15-12-10-8-6-4-3-5-7-9-11-13-20-32/h14,16-19,21-22,29,31-32H,2-13,15,20H2,1H3. The quantitative estimate of drug-likeness (QED) is 0.219. The van der Waals surface area contributed by atoms with E-state index in [-0.39, 0.29) is 0 Å². The number of hydrogen-bond acceptors (Lipinski definition) is 3. The number of H-pyrrole nitrogens is 2. The lowest BCUT2D eigenvalue weighted by Crippen LogP contribution is -1.92. The average molecular weight is 452 g/mol. The van der Waals surface area contributed by atoms with E-state index in [0.717, 1.165) is 41.4 Å². The third-order valence-electron chi connectivity index (χ3n) is 6.10. The Morgan fingerprint density at radius 1 is 0.909 bits per heavy atom. The number of unbranched alkanes of at least 4 members (excludes halogenated alkanes) is 10. The fraction of sp³-hybridized carbons (Fsp3) is 0.536. The molecule has 1 aliphatic rings. The maximum atomic E-state index is 8.79. The van der Waals surface area contributed by atoms with Crippen molar-refractivity contribution in [1.29, 1.82) is 0 Å². The topological polar surface area (TPSA) is 73.4 Å². The van der Waals surface area contributed by atoms with Gasteiger partial charge in [0.2, 0.25) is 0 Å². The summed E-state index contributed by atoms with van der Waals surface area (Å²) in [7, 11) is 0. The monoisotopic (exact) mass is 451 g/mol. The minimum Gasteiger partial charge on any atom is -0.492 e. The summed E-state index contributed by atoms with van der Waals surface area (Å²) in [6.07, 6.45) is 23.3. The Balaban J connectivity index is 1.36. The van der Waals surface area contributed by atoms with Crippen LogP contribution in [0.2, 0.25) is 0 Å². The molecular weight excluding hydrogens is 410 g/mol. The van der Waals surface area contributed by atoms with Crippen molar-refractivity contribution in [3.8, 4) is 17.1 Å². The molecule has 0 bridgehead atoms. The number of aromatic nitrogens is 2. The Hall–Kier alpha value is -2.53. The zero-order valence-corrected chi connectivity index (χ0v) is 20.2. The van der Waals surface area contributed by atoms with Gasteiger partial charge in [-0.2, -0.15) is 0 Å². The molecule has 3 rings (SSSR count). The van der Waals surface area contributed by atoms with Crippen LogP contribution in [0, 0.1) is 0 Å². The molecule has 0 spiro atoms. The number of aliphatic hydroxyl groups excluding tert-OH is 1. The Bertz CT molecular complexity index is 890. The molecule has 0 aliphatic carbocycles. The maximum absolute atomic E-state index is 8.79. The van der Waals surface area contributed by atoms with Crippen molar-refractivity contribution >= 4 is 11.8 Å². The van der Waals surface area contributed by atoms with E-state index in [1.54, 1.807) is 0 Å². The van der Waals surface area contributed by atoms with E-state index < -0.39 is 0 Å². The van der Waals surface area contributed by atoms with Crippen LogP contribution in [0.4, 0.5) is 0 Å². The number of aromatic amines is 2. The zero-order chi connectivity index (χ0) is 23.1. The molecule has 2 aromatic rings. The highest BCUT2D eigenvalue weighted by atomic mass is 16.5. The molecular formula is C28H41N3O2. The lowest BCUT2D eigenvalue weighted by molar-refractivity contribution is 0.282. The molecule has 0 aromatic carbocycles. The van der Waals surface area contributed by atoms with E-state index >= 15 is 0 Å². The third kappa shape index (κ3) is 8.73. The number of hydrogen-bond donors (Lipinski definition) is 3. The number of allylic oxidation sites excluding steroid dienone is 2. The first-order chi connectivity index (χ1) is 16.3. The van der Waals surface area contributed by atoms with Gasteiger partial charge in [-0.25, -0.2) is 0 Å². The normalized spacial score (nSPS) is 14.4. The molecule has 0 atom stereocenters. The van der Waals surface area contributed by atoms with Crippen LogP contribution in [0.15, 0.2) is 47.2 Å². The summed E-state index contributed by atoms with van der Waals surface area (Å²) >= 11 is 0. The highest BCUT2D eigenvalue weighted by Crippen LogP contribution is 2.29. The highest BCUT2D eigenvalue weighted by Gasteiger charge is 2.12. The second-order valence-corrected chi connectivity index (χ2v) is 8.85. The van der Waals surface area contributed by atoms with Gasteiger partial charge in [0.15, 0.2) is 0 Å². The van der Waals surface area contributed by atoms with E-state index in [4.69, 9.17) is 14.8 Å². The molecule has 33 heavy (non-hydrogen) atoms. The molecule has 5 nitrogen and oxygen atoms in total. The Labute approximate surface area is 199 Å². The number of rotatable bonds is 17. The van der Waals surface area contributed by atoms with Gasteiger partial charge in [0.1, 0.15) is 5.75 Å². The Morgan fingerprint density at radius 3 is 2.24 bits per heavy atom. The van der Waals surface area contributed by atoms with Crippen molar-refractivity contribution in [3.63, 3.8) is 0 Å². The van der Waals surface area contributed by atoms with Crippen molar-refractivity contribution in [2.24, 2.45) is 4.99 Å². The van der Waals surface area contributed by atoms with E-state index in [9.17, 15) is 0 Å². The molecule has 3 heterocycles. The van der Waals surface area contributed by atoms with Crippen molar-refractivity contribution < 1.29 is 9.84 Å². The molecule has 0 saturated heterocycles. The Morgan fingerprint density at radius 2 is 1.61 bits per heavy atom. The maximum Gasteiger partial charge on any atom is 0.144 e. The van der Waals surface area contributed by atoms with E-state index in [2.05, 4.69) is 28.2 Å². The van der Waals surface area contributed by atoms with Gasteiger partial charge in [-0.3, -0.25) is 4.99 Å². The highest BCUT2D eigenvalue weighted by molar-refractivity contribution is 5.99. The number of aliphatic hydroxyl groups is 1. The van der Waals surface area contributed by atoms with Crippen molar-refractivity contribution in [2.45, 2.75) is 84.0 Å². The van der Waals surface area contributed by atoms with Crippen LogP contribution in [-0.4, -0.2) is 34.0 Å². The molecule has 5 heteroatoms. The molecule has 0 fully saturated rings. The molecule has 3 N–H and O–H groups in total. The van der Waals surface area contributed by atoms with Gasteiger partial charge in [0.05, 0.1) is 29.4 Å². The van der Waals surface area contributed by atoms with Gasteiger partial charge in [-0.05, 0) is 56.5 Å². The molecule has 2 aromatic heterocycles. The van der Waals surface area contributed by atoms with Crippen LogP contribution in [-0.2, 0) is 0 Å². The zero-order valence-electron chi connectivity index (χ0n) is 20.2. The molecule has 0 saturated carbocycles. The first kappa shape index (κ1) is 25.1. The van der Waals surface area contributed by atoms with E-state index in [1.807, 2.05) is 31.3 Å². The van der Waals surface area contributed by atoms with Gasteiger partial charge < -0.3 is 19.8 Å². The smallest absolute Gasteiger partial charge is 0.144 e. The first-order valence-electron chi connectivity index (χ1n) is 12.9. The molecule has 180 valence electrons. The minimum absolute atomic E-state index is 0.344. The molecule has 1 aliphatic heterocycles. The minimum atomic E-state index is 0.344. The summed E-state index contributed by atoms with van der Waals surface area (Å²) in [4.78, 5) is 11.5. The van der Waals surface area contributed by atoms with Gasteiger partial charge >= 0.3 is 0 Å². The van der Waals surface area contributed by atoms with Crippen LogP contribution < -0.4 is 4.74 Å².